The van der Waals surface area contributed by atoms with E-state index in [0.717, 1.165) is 5.56 Å². The third-order valence-electron chi connectivity index (χ3n) is 6.69. The molecule has 1 spiro atoms. The van der Waals surface area contributed by atoms with Crippen molar-refractivity contribution in [3.8, 4) is 0 Å². The summed E-state index contributed by atoms with van der Waals surface area (Å²) in [6.07, 6.45) is 6.82. The number of carbonyl (C=O) groups excluding carboxylic acids is 2. The molecule has 4 aliphatic rings. The maximum atomic E-state index is 13.5. The number of alkyl halides is 2. The van der Waals surface area contributed by atoms with Gasteiger partial charge in [0.1, 0.15) is 5.60 Å². The van der Waals surface area contributed by atoms with Crippen LogP contribution in [0.25, 0.3) is 0 Å². The van der Waals surface area contributed by atoms with Gasteiger partial charge in [-0.3, -0.25) is 14.6 Å². The zero-order valence-corrected chi connectivity index (χ0v) is 16.0. The van der Waals surface area contributed by atoms with E-state index in [9.17, 15) is 18.4 Å². The van der Waals surface area contributed by atoms with Crippen molar-refractivity contribution in [1.29, 1.82) is 0 Å². The molecule has 2 bridgehead atoms. The number of aromatic nitrogens is 1. The highest BCUT2D eigenvalue weighted by molar-refractivity contribution is 5.93. The van der Waals surface area contributed by atoms with Gasteiger partial charge in [0.05, 0.1) is 24.5 Å². The summed E-state index contributed by atoms with van der Waals surface area (Å²) in [5, 5.41) is 0. The van der Waals surface area contributed by atoms with Crippen LogP contribution in [0.15, 0.2) is 36.7 Å². The number of carbonyl (C=O) groups is 2. The average Bonchev–Trinajstić information content (AvgIpc) is 3.35. The highest BCUT2D eigenvalue weighted by Crippen LogP contribution is 2.52. The second-order valence-electron chi connectivity index (χ2n) is 8.45. The van der Waals surface area contributed by atoms with E-state index in [1.165, 1.54) is 4.90 Å². The fraction of sp³-hybridized carbons (Fsp3) is 0.571. The van der Waals surface area contributed by atoms with E-state index in [4.69, 9.17) is 4.74 Å². The molecule has 8 heteroatoms. The van der Waals surface area contributed by atoms with E-state index in [1.54, 1.807) is 17.3 Å². The third kappa shape index (κ3) is 3.04. The predicted molar refractivity (Wildman–Crippen MR) is 99.0 cm³/mol. The van der Waals surface area contributed by atoms with Crippen LogP contribution < -0.4 is 0 Å². The van der Waals surface area contributed by atoms with E-state index in [1.807, 2.05) is 24.3 Å². The number of hydrogen-bond acceptors (Lipinski definition) is 4. The third-order valence-corrected chi connectivity index (χ3v) is 6.69. The summed E-state index contributed by atoms with van der Waals surface area (Å²) in [4.78, 5) is 33.6. The second kappa shape index (κ2) is 6.58. The van der Waals surface area contributed by atoms with Crippen molar-refractivity contribution >= 4 is 11.8 Å². The quantitative estimate of drug-likeness (QED) is 0.718. The summed E-state index contributed by atoms with van der Waals surface area (Å²) in [5.74, 6) is -4.21. The first kappa shape index (κ1) is 18.7. The largest absolute Gasteiger partial charge is 0.360 e. The van der Waals surface area contributed by atoms with Gasteiger partial charge in [0.25, 0.3) is 5.92 Å². The van der Waals surface area contributed by atoms with Gasteiger partial charge in [-0.2, -0.15) is 0 Å². The Hall–Kier alpha value is -2.35. The molecule has 5 heterocycles. The Morgan fingerprint density at radius 1 is 1.24 bits per heavy atom. The predicted octanol–water partition coefficient (Wildman–Crippen LogP) is 1.66. The van der Waals surface area contributed by atoms with Gasteiger partial charge in [-0.25, -0.2) is 8.78 Å². The number of hydrogen-bond donors (Lipinski definition) is 0. The molecular formula is C21H23F2N3O3. The molecule has 3 fully saturated rings. The minimum absolute atomic E-state index is 0.0262. The monoisotopic (exact) mass is 403 g/mol. The summed E-state index contributed by atoms with van der Waals surface area (Å²) in [6, 6.07) is 3.83. The summed E-state index contributed by atoms with van der Waals surface area (Å²) in [6.45, 7) is 1.02. The Kier molecular flexibility index (Phi) is 4.24. The van der Waals surface area contributed by atoms with Crippen molar-refractivity contribution < 1.29 is 23.1 Å². The molecule has 1 aromatic heterocycles. The van der Waals surface area contributed by atoms with Gasteiger partial charge in [0, 0.05) is 44.9 Å². The van der Waals surface area contributed by atoms with Gasteiger partial charge in [-0.1, -0.05) is 12.2 Å². The van der Waals surface area contributed by atoms with Gasteiger partial charge in [0.2, 0.25) is 11.8 Å². The van der Waals surface area contributed by atoms with Crippen molar-refractivity contribution in [2.75, 3.05) is 26.2 Å². The topological polar surface area (TPSA) is 62.7 Å². The van der Waals surface area contributed by atoms with E-state index >= 15 is 0 Å². The number of rotatable bonds is 4. The maximum absolute atomic E-state index is 13.5. The zero-order valence-electron chi connectivity index (χ0n) is 16.0. The minimum atomic E-state index is -2.71. The lowest BCUT2D eigenvalue weighted by atomic mass is 9.76. The Morgan fingerprint density at radius 3 is 2.69 bits per heavy atom. The summed E-state index contributed by atoms with van der Waals surface area (Å²) < 4.78 is 33.1. The van der Waals surface area contributed by atoms with Gasteiger partial charge < -0.3 is 14.5 Å². The van der Waals surface area contributed by atoms with Crippen LogP contribution in [0, 0.1) is 11.8 Å². The maximum Gasteiger partial charge on any atom is 0.251 e. The Balaban J connectivity index is 1.31. The van der Waals surface area contributed by atoms with Crippen molar-refractivity contribution in [3.63, 3.8) is 0 Å². The highest BCUT2D eigenvalue weighted by Gasteiger charge is 2.67. The second-order valence-corrected chi connectivity index (χ2v) is 8.45. The molecule has 0 N–H and O–H groups in total. The molecule has 0 aliphatic carbocycles. The number of amides is 2. The van der Waals surface area contributed by atoms with Crippen LogP contribution in [0.4, 0.5) is 8.78 Å². The van der Waals surface area contributed by atoms with Crippen LogP contribution in [0.5, 0.6) is 0 Å². The number of halogens is 2. The first-order valence-electron chi connectivity index (χ1n) is 10.1. The van der Waals surface area contributed by atoms with Crippen LogP contribution >= 0.6 is 0 Å². The fourth-order valence-electron chi connectivity index (χ4n) is 5.13. The molecule has 0 unspecified atom stereocenters. The molecular weight excluding hydrogens is 380 g/mol. The number of piperidine rings is 1. The lowest BCUT2D eigenvalue weighted by Crippen LogP contribution is -2.50. The van der Waals surface area contributed by atoms with Crippen molar-refractivity contribution in [2.24, 2.45) is 11.8 Å². The normalized spacial score (nSPS) is 34.7. The van der Waals surface area contributed by atoms with Gasteiger partial charge in [-0.15, -0.1) is 0 Å². The Bertz CT molecular complexity index is 852. The number of likely N-dealkylation sites (tertiary alicyclic amines) is 2. The zero-order chi connectivity index (χ0) is 20.2. The molecule has 0 saturated carbocycles. The van der Waals surface area contributed by atoms with E-state index < -0.39 is 29.5 Å². The SMILES string of the molecule is O=C([C@H]1[C@@H]2C=C[C@@]3(CN(CCc4ccncc4)C(=O)[C@@H]13)O2)N1CCC(F)(F)CC1. The number of fused-ring (bicyclic) bond motifs is 1. The molecule has 1 aromatic rings. The fourth-order valence-corrected chi connectivity index (χ4v) is 5.13. The molecule has 29 heavy (non-hydrogen) atoms. The smallest absolute Gasteiger partial charge is 0.251 e. The van der Waals surface area contributed by atoms with E-state index in [0.29, 0.717) is 19.5 Å². The van der Waals surface area contributed by atoms with Crippen LogP contribution in [-0.2, 0) is 20.7 Å². The van der Waals surface area contributed by atoms with E-state index in [-0.39, 0.29) is 37.7 Å². The van der Waals surface area contributed by atoms with Crippen molar-refractivity contribution in [2.45, 2.75) is 36.9 Å². The van der Waals surface area contributed by atoms with Gasteiger partial charge >= 0.3 is 0 Å². The molecule has 3 saturated heterocycles. The summed E-state index contributed by atoms with van der Waals surface area (Å²) >= 11 is 0. The average molecular weight is 403 g/mol. The van der Waals surface area contributed by atoms with Crippen molar-refractivity contribution in [3.05, 3.63) is 42.2 Å². The standard InChI is InChI=1S/C21H23F2N3O3/c22-21(23)6-11-25(12-7-21)18(27)16-15-1-5-20(29-15)13-26(19(28)17(16)20)10-4-14-2-8-24-9-3-14/h1-3,5,8-9,15-17H,4,6-7,10-13H2/t15-,16-,17+,20-/m0/s1. The van der Waals surface area contributed by atoms with Crippen LogP contribution in [0.3, 0.4) is 0 Å². The van der Waals surface area contributed by atoms with Gasteiger partial charge in [0.15, 0.2) is 0 Å². The summed E-state index contributed by atoms with van der Waals surface area (Å²) in [5.41, 5.74) is 0.324. The van der Waals surface area contributed by atoms with Crippen LogP contribution in [0.2, 0.25) is 0 Å². The Morgan fingerprint density at radius 2 is 1.97 bits per heavy atom. The molecule has 4 aliphatic heterocycles. The molecule has 6 nitrogen and oxygen atoms in total. The minimum Gasteiger partial charge on any atom is -0.360 e. The lowest BCUT2D eigenvalue weighted by molar-refractivity contribution is -0.147. The highest BCUT2D eigenvalue weighted by atomic mass is 19.3. The van der Waals surface area contributed by atoms with Crippen LogP contribution in [0.1, 0.15) is 18.4 Å². The number of nitrogens with zero attached hydrogens (tertiary/aromatic N) is 3. The lowest BCUT2D eigenvalue weighted by Gasteiger charge is -2.35. The molecule has 154 valence electrons. The molecule has 5 rings (SSSR count). The number of pyridine rings is 1. The Labute approximate surface area is 167 Å². The molecule has 2 amide bonds. The van der Waals surface area contributed by atoms with Gasteiger partial charge in [-0.05, 0) is 24.1 Å². The van der Waals surface area contributed by atoms with E-state index in [2.05, 4.69) is 4.98 Å². The van der Waals surface area contributed by atoms with Crippen molar-refractivity contribution in [1.82, 2.24) is 14.8 Å². The molecule has 0 radical (unpaired) electrons. The number of ether oxygens (including phenoxy) is 1. The first-order valence-corrected chi connectivity index (χ1v) is 10.1. The molecule has 4 atom stereocenters. The summed E-state index contributed by atoms with van der Waals surface area (Å²) in [7, 11) is 0. The molecule has 0 aromatic carbocycles. The first-order chi connectivity index (χ1) is 13.9. The van der Waals surface area contributed by atoms with Crippen LogP contribution in [-0.4, -0.2) is 70.4 Å².